The van der Waals surface area contributed by atoms with Gasteiger partial charge in [-0.3, -0.25) is 4.79 Å². The lowest BCUT2D eigenvalue weighted by molar-refractivity contribution is -0.121. The maximum atomic E-state index is 12.1. The van der Waals surface area contributed by atoms with Crippen LogP contribution >= 0.6 is 15.9 Å². The topological polar surface area (TPSA) is 78.5 Å². The van der Waals surface area contributed by atoms with Gasteiger partial charge in [0.2, 0.25) is 15.9 Å². The highest BCUT2D eigenvalue weighted by atomic mass is 79.9. The zero-order chi connectivity index (χ0) is 16.9. The monoisotopic (exact) mass is 403 g/mol. The number of carbonyl (C=O) groups excluding carboxylic acids is 1. The van der Waals surface area contributed by atoms with Crippen molar-refractivity contribution in [3.8, 4) is 0 Å². The third kappa shape index (κ3) is 5.87. The number of piperidine rings is 1. The minimum Gasteiger partial charge on any atom is -0.353 e. The number of hydrogen-bond acceptors (Lipinski definition) is 4. The fourth-order valence-corrected chi connectivity index (χ4v) is 4.10. The minimum absolute atomic E-state index is 0.0906. The number of benzene rings is 1. The van der Waals surface area contributed by atoms with Gasteiger partial charge >= 0.3 is 0 Å². The van der Waals surface area contributed by atoms with Crippen molar-refractivity contribution in [1.29, 1.82) is 0 Å². The second kappa shape index (κ2) is 8.23. The molecule has 1 amide bonds. The van der Waals surface area contributed by atoms with Gasteiger partial charge in [0.05, 0.1) is 4.90 Å². The molecule has 1 aromatic rings. The quantitative estimate of drug-likeness (QED) is 0.750. The Hall–Kier alpha value is -0.960. The van der Waals surface area contributed by atoms with Crippen LogP contribution in [0.15, 0.2) is 33.6 Å². The molecule has 0 radical (unpaired) electrons. The molecule has 128 valence electrons. The van der Waals surface area contributed by atoms with Crippen molar-refractivity contribution in [2.75, 3.05) is 26.7 Å². The van der Waals surface area contributed by atoms with Gasteiger partial charge in [-0.25, -0.2) is 13.1 Å². The van der Waals surface area contributed by atoms with Gasteiger partial charge in [-0.2, -0.15) is 0 Å². The highest BCUT2D eigenvalue weighted by Gasteiger charge is 2.19. The van der Waals surface area contributed by atoms with Crippen LogP contribution in [0.1, 0.15) is 19.3 Å². The molecule has 1 aromatic carbocycles. The maximum Gasteiger partial charge on any atom is 0.240 e. The zero-order valence-corrected chi connectivity index (χ0v) is 15.5. The van der Waals surface area contributed by atoms with Crippen molar-refractivity contribution >= 4 is 31.9 Å². The van der Waals surface area contributed by atoms with Gasteiger partial charge in [-0.1, -0.05) is 22.0 Å². The molecule has 1 aliphatic rings. The highest BCUT2D eigenvalue weighted by Crippen LogP contribution is 2.15. The summed E-state index contributed by atoms with van der Waals surface area (Å²) in [5.74, 6) is -0.114. The van der Waals surface area contributed by atoms with Gasteiger partial charge in [0, 0.05) is 23.5 Å². The van der Waals surface area contributed by atoms with Crippen molar-refractivity contribution in [2.45, 2.75) is 30.2 Å². The van der Waals surface area contributed by atoms with Crippen LogP contribution in [-0.2, 0) is 14.8 Å². The van der Waals surface area contributed by atoms with E-state index >= 15 is 0 Å². The predicted octanol–water partition coefficient (Wildman–Crippen LogP) is 1.33. The molecule has 8 heteroatoms. The number of sulfonamides is 1. The van der Waals surface area contributed by atoms with Crippen molar-refractivity contribution in [3.63, 3.8) is 0 Å². The van der Waals surface area contributed by atoms with Gasteiger partial charge in [0.15, 0.2) is 0 Å². The third-order valence-electron chi connectivity index (χ3n) is 3.83. The summed E-state index contributed by atoms with van der Waals surface area (Å²) in [7, 11) is -1.52. The Labute approximate surface area is 145 Å². The van der Waals surface area contributed by atoms with E-state index in [1.807, 2.05) is 0 Å². The summed E-state index contributed by atoms with van der Waals surface area (Å²) in [6.45, 7) is 2.04. The second-order valence-electron chi connectivity index (χ2n) is 5.75. The Morgan fingerprint density at radius 3 is 2.70 bits per heavy atom. The number of likely N-dealkylation sites (tertiary alicyclic amines) is 1. The van der Waals surface area contributed by atoms with Crippen LogP contribution in [0.5, 0.6) is 0 Å². The minimum atomic E-state index is -3.59. The molecule has 1 fully saturated rings. The molecule has 0 atom stereocenters. The molecule has 1 aliphatic heterocycles. The smallest absolute Gasteiger partial charge is 0.240 e. The van der Waals surface area contributed by atoms with Crippen LogP contribution in [0.3, 0.4) is 0 Å². The summed E-state index contributed by atoms with van der Waals surface area (Å²) in [4.78, 5) is 14.3. The molecule has 0 aromatic heterocycles. The van der Waals surface area contributed by atoms with Crippen LogP contribution in [0, 0.1) is 0 Å². The van der Waals surface area contributed by atoms with E-state index in [-0.39, 0.29) is 29.8 Å². The standard InChI is InChI=1S/C15H22BrN3O3S/c1-19-9-6-13(7-10-19)18-15(20)5-8-17-23(21,22)14-4-2-3-12(16)11-14/h2-4,11,13,17H,5-10H2,1H3,(H,18,20). The third-order valence-corrected chi connectivity index (χ3v) is 5.79. The summed E-state index contributed by atoms with van der Waals surface area (Å²) in [5.41, 5.74) is 0. The molecule has 0 spiro atoms. The molecule has 6 nitrogen and oxygen atoms in total. The first-order valence-electron chi connectivity index (χ1n) is 7.60. The van der Waals surface area contributed by atoms with Gasteiger partial charge < -0.3 is 10.2 Å². The number of hydrogen-bond donors (Lipinski definition) is 2. The van der Waals surface area contributed by atoms with Crippen LogP contribution in [0.2, 0.25) is 0 Å². The Morgan fingerprint density at radius 1 is 1.35 bits per heavy atom. The molecule has 0 bridgehead atoms. The van der Waals surface area contributed by atoms with Gasteiger partial charge in [0.1, 0.15) is 0 Å². The first kappa shape index (κ1) is 18.4. The molecule has 2 N–H and O–H groups in total. The number of nitrogens with zero attached hydrogens (tertiary/aromatic N) is 1. The Bertz CT molecular complexity index is 643. The number of halogens is 1. The average molecular weight is 404 g/mol. The zero-order valence-electron chi connectivity index (χ0n) is 13.1. The van der Waals surface area contributed by atoms with E-state index < -0.39 is 10.0 Å². The summed E-state index contributed by atoms with van der Waals surface area (Å²) < 4.78 is 27.4. The second-order valence-corrected chi connectivity index (χ2v) is 8.43. The van der Waals surface area contributed by atoms with E-state index in [0.717, 1.165) is 25.9 Å². The first-order chi connectivity index (χ1) is 10.9. The van der Waals surface area contributed by atoms with E-state index in [9.17, 15) is 13.2 Å². The Morgan fingerprint density at radius 2 is 2.04 bits per heavy atom. The number of carbonyl (C=O) groups is 1. The van der Waals surface area contributed by atoms with E-state index in [2.05, 4.69) is 37.9 Å². The average Bonchev–Trinajstić information content (AvgIpc) is 2.49. The summed E-state index contributed by atoms with van der Waals surface area (Å²) in [6, 6.07) is 6.66. The largest absolute Gasteiger partial charge is 0.353 e. The molecular weight excluding hydrogens is 382 g/mol. The summed E-state index contributed by atoms with van der Waals surface area (Å²) in [5, 5.41) is 2.97. The molecule has 23 heavy (non-hydrogen) atoms. The van der Waals surface area contributed by atoms with Gasteiger partial charge in [-0.15, -0.1) is 0 Å². The van der Waals surface area contributed by atoms with Gasteiger partial charge in [0.25, 0.3) is 0 Å². The fourth-order valence-electron chi connectivity index (χ4n) is 2.47. The maximum absolute atomic E-state index is 12.1. The van der Waals surface area contributed by atoms with Crippen molar-refractivity contribution in [2.24, 2.45) is 0 Å². The molecule has 0 unspecified atom stereocenters. The first-order valence-corrected chi connectivity index (χ1v) is 9.87. The molecule has 2 rings (SSSR count). The van der Waals surface area contributed by atoms with E-state index in [0.29, 0.717) is 4.47 Å². The van der Waals surface area contributed by atoms with Crippen LogP contribution in [-0.4, -0.2) is 51.9 Å². The highest BCUT2D eigenvalue weighted by molar-refractivity contribution is 9.10. The lowest BCUT2D eigenvalue weighted by Gasteiger charge is -2.29. The molecule has 0 saturated carbocycles. The Kier molecular flexibility index (Phi) is 6.58. The summed E-state index contributed by atoms with van der Waals surface area (Å²) in [6.07, 6.45) is 2.01. The molecule has 1 saturated heterocycles. The SMILES string of the molecule is CN1CCC(NC(=O)CCNS(=O)(=O)c2cccc(Br)c2)CC1. The molecule has 1 heterocycles. The molecule has 0 aliphatic carbocycles. The van der Waals surface area contributed by atoms with Crippen LogP contribution in [0.25, 0.3) is 0 Å². The number of nitrogens with one attached hydrogen (secondary N) is 2. The van der Waals surface area contributed by atoms with E-state index in [4.69, 9.17) is 0 Å². The van der Waals surface area contributed by atoms with Crippen molar-refractivity contribution in [1.82, 2.24) is 14.9 Å². The normalized spacial score (nSPS) is 17.1. The number of amides is 1. The number of rotatable bonds is 6. The predicted molar refractivity (Wildman–Crippen MR) is 92.6 cm³/mol. The van der Waals surface area contributed by atoms with Crippen LogP contribution < -0.4 is 10.0 Å². The van der Waals surface area contributed by atoms with Crippen LogP contribution in [0.4, 0.5) is 0 Å². The molecular formula is C15H22BrN3O3S. The lowest BCUT2D eigenvalue weighted by Crippen LogP contribution is -2.44. The Balaban J connectivity index is 1.76. The lowest BCUT2D eigenvalue weighted by atomic mass is 10.1. The van der Waals surface area contributed by atoms with Gasteiger partial charge in [-0.05, 0) is 51.2 Å². The van der Waals surface area contributed by atoms with E-state index in [1.54, 1.807) is 12.1 Å². The van der Waals surface area contributed by atoms with Crippen molar-refractivity contribution < 1.29 is 13.2 Å². The van der Waals surface area contributed by atoms with Crippen molar-refractivity contribution in [3.05, 3.63) is 28.7 Å². The van der Waals surface area contributed by atoms with E-state index in [1.165, 1.54) is 12.1 Å². The fraction of sp³-hybridized carbons (Fsp3) is 0.533. The summed E-state index contributed by atoms with van der Waals surface area (Å²) >= 11 is 3.25.